The largest absolute Gasteiger partial charge is 0.324 e. The lowest BCUT2D eigenvalue weighted by atomic mass is 10.2. The molecule has 0 aliphatic rings. The molecule has 0 radical (unpaired) electrons. The Morgan fingerprint density at radius 3 is 2.96 bits per heavy atom. The van der Waals surface area contributed by atoms with Gasteiger partial charge in [-0.2, -0.15) is 5.10 Å². The van der Waals surface area contributed by atoms with E-state index in [1.807, 2.05) is 12.1 Å². The first-order valence-electron chi connectivity index (χ1n) is 7.78. The Balaban J connectivity index is 1.54. The van der Waals surface area contributed by atoms with Crippen molar-refractivity contribution < 1.29 is 9.72 Å². The molecule has 0 aliphatic carbocycles. The van der Waals surface area contributed by atoms with Crippen LogP contribution in [0.5, 0.6) is 0 Å². The van der Waals surface area contributed by atoms with E-state index in [0.717, 1.165) is 16.9 Å². The molecule has 0 aliphatic heterocycles. The summed E-state index contributed by atoms with van der Waals surface area (Å²) in [6.45, 7) is 0. The molecule has 0 spiro atoms. The van der Waals surface area contributed by atoms with E-state index >= 15 is 0 Å². The Morgan fingerprint density at radius 2 is 2.25 bits per heavy atom. The van der Waals surface area contributed by atoms with Gasteiger partial charge in [0.1, 0.15) is 0 Å². The molecule has 2 aromatic heterocycles. The van der Waals surface area contributed by atoms with E-state index in [0.29, 0.717) is 20.9 Å². The molecular weight excluding hydrogens is 424 g/mol. The van der Waals surface area contributed by atoms with Gasteiger partial charge in [-0.15, -0.1) is 10.2 Å². The van der Waals surface area contributed by atoms with Crippen LogP contribution in [-0.4, -0.2) is 37.6 Å². The maximum Gasteiger partial charge on any atom is 0.324 e. The highest BCUT2D eigenvalue weighted by atomic mass is 35.5. The Kier molecular flexibility index (Phi) is 6.39. The van der Waals surface area contributed by atoms with Gasteiger partial charge in [0.05, 0.1) is 21.8 Å². The number of hydrazone groups is 1. The van der Waals surface area contributed by atoms with Gasteiger partial charge in [0.25, 0.3) is 5.91 Å². The zero-order valence-corrected chi connectivity index (χ0v) is 16.8. The standard InChI is InChI=1S/C16H13ClN6O3S2/c1-22-15(10-3-2-4-11(17)7-10)20-21-16(22)27-9-13(24)19-18-8-12-5-6-14(28-12)23(25)26/h2-8H,9H2,1H3,(H,19,24)/b18-8+. The summed E-state index contributed by atoms with van der Waals surface area (Å²) < 4.78 is 1.78. The normalized spacial score (nSPS) is 11.1. The number of halogens is 1. The highest BCUT2D eigenvalue weighted by molar-refractivity contribution is 7.99. The Hall–Kier alpha value is -2.76. The van der Waals surface area contributed by atoms with Gasteiger partial charge >= 0.3 is 5.00 Å². The molecule has 144 valence electrons. The quantitative estimate of drug-likeness (QED) is 0.263. The van der Waals surface area contributed by atoms with Gasteiger partial charge in [0, 0.05) is 23.7 Å². The predicted molar refractivity (Wildman–Crippen MR) is 109 cm³/mol. The van der Waals surface area contributed by atoms with Crippen LogP contribution >= 0.6 is 34.7 Å². The minimum absolute atomic E-state index is 0.0149. The second-order valence-electron chi connectivity index (χ2n) is 5.39. The van der Waals surface area contributed by atoms with Crippen molar-refractivity contribution in [1.29, 1.82) is 0 Å². The third-order valence-electron chi connectivity index (χ3n) is 3.42. The van der Waals surface area contributed by atoms with E-state index in [4.69, 9.17) is 11.6 Å². The van der Waals surface area contributed by atoms with Crippen LogP contribution in [0.25, 0.3) is 11.4 Å². The van der Waals surface area contributed by atoms with E-state index in [1.54, 1.807) is 29.8 Å². The predicted octanol–water partition coefficient (Wildman–Crippen LogP) is 3.35. The number of nitrogens with one attached hydrogen (secondary N) is 1. The van der Waals surface area contributed by atoms with Gasteiger partial charge in [-0.1, -0.05) is 46.8 Å². The Bertz CT molecular complexity index is 1050. The topological polar surface area (TPSA) is 115 Å². The summed E-state index contributed by atoms with van der Waals surface area (Å²) in [6.07, 6.45) is 1.36. The molecule has 1 amide bonds. The molecule has 3 rings (SSSR count). The van der Waals surface area contributed by atoms with Gasteiger partial charge in [0.15, 0.2) is 11.0 Å². The summed E-state index contributed by atoms with van der Waals surface area (Å²) in [6, 6.07) is 10.2. The van der Waals surface area contributed by atoms with Crippen molar-refractivity contribution in [2.24, 2.45) is 12.1 Å². The van der Waals surface area contributed by atoms with Gasteiger partial charge in [0.2, 0.25) is 0 Å². The number of hydrogen-bond acceptors (Lipinski definition) is 8. The van der Waals surface area contributed by atoms with Crippen molar-refractivity contribution in [3.05, 3.63) is 56.4 Å². The summed E-state index contributed by atoms with van der Waals surface area (Å²) in [4.78, 5) is 22.7. The molecule has 0 saturated carbocycles. The maximum absolute atomic E-state index is 11.9. The second-order valence-corrected chi connectivity index (χ2v) is 7.86. The zero-order valence-electron chi connectivity index (χ0n) is 14.4. The highest BCUT2D eigenvalue weighted by Crippen LogP contribution is 2.24. The lowest BCUT2D eigenvalue weighted by Gasteiger charge is -2.04. The molecule has 0 bridgehead atoms. The molecule has 12 heteroatoms. The minimum Gasteiger partial charge on any atom is -0.305 e. The fourth-order valence-corrected chi connectivity index (χ4v) is 3.75. The molecule has 0 atom stereocenters. The van der Waals surface area contributed by atoms with Crippen LogP contribution in [0, 0.1) is 10.1 Å². The Labute approximate surface area is 172 Å². The number of benzene rings is 1. The number of amides is 1. The number of carbonyl (C=O) groups excluding carboxylic acids is 1. The fraction of sp³-hybridized carbons (Fsp3) is 0.125. The molecule has 0 fully saturated rings. The van der Waals surface area contributed by atoms with Crippen molar-refractivity contribution >= 4 is 51.8 Å². The lowest BCUT2D eigenvalue weighted by Crippen LogP contribution is -2.19. The highest BCUT2D eigenvalue weighted by Gasteiger charge is 2.13. The number of rotatable bonds is 7. The molecule has 2 heterocycles. The number of carbonyl (C=O) groups is 1. The number of nitro groups is 1. The van der Waals surface area contributed by atoms with Crippen LogP contribution in [0.3, 0.4) is 0 Å². The average molecular weight is 437 g/mol. The molecule has 0 saturated heterocycles. The number of thiophene rings is 1. The molecule has 9 nitrogen and oxygen atoms in total. The molecule has 3 aromatic rings. The minimum atomic E-state index is -0.476. The number of thioether (sulfide) groups is 1. The molecule has 0 unspecified atom stereocenters. The summed E-state index contributed by atoms with van der Waals surface area (Å²) in [5, 5.41) is 23.9. The monoisotopic (exact) mass is 436 g/mol. The SMILES string of the molecule is Cn1c(SCC(=O)N/N=C/c2ccc([N+](=O)[O-])s2)nnc1-c1cccc(Cl)c1. The molecule has 28 heavy (non-hydrogen) atoms. The van der Waals surface area contributed by atoms with Crippen LogP contribution in [0.1, 0.15) is 4.88 Å². The first-order valence-corrected chi connectivity index (χ1v) is 9.96. The Morgan fingerprint density at radius 1 is 1.43 bits per heavy atom. The van der Waals surface area contributed by atoms with E-state index in [1.165, 1.54) is 24.0 Å². The molecule has 1 N–H and O–H groups in total. The smallest absolute Gasteiger partial charge is 0.305 e. The average Bonchev–Trinajstić information content (AvgIpc) is 3.27. The van der Waals surface area contributed by atoms with Gasteiger partial charge in [-0.3, -0.25) is 14.9 Å². The van der Waals surface area contributed by atoms with E-state index in [-0.39, 0.29) is 16.7 Å². The number of hydrogen-bond donors (Lipinski definition) is 1. The van der Waals surface area contributed by atoms with Gasteiger partial charge < -0.3 is 4.57 Å². The van der Waals surface area contributed by atoms with Crippen LogP contribution in [0.15, 0.2) is 46.7 Å². The maximum atomic E-state index is 11.9. The van der Waals surface area contributed by atoms with Crippen LogP contribution in [0.4, 0.5) is 5.00 Å². The van der Waals surface area contributed by atoms with Crippen LogP contribution in [0.2, 0.25) is 5.02 Å². The fourth-order valence-electron chi connectivity index (χ4n) is 2.16. The summed E-state index contributed by atoms with van der Waals surface area (Å²) in [7, 11) is 1.80. The summed E-state index contributed by atoms with van der Waals surface area (Å²) in [5.74, 6) is 0.394. The van der Waals surface area contributed by atoms with E-state index in [2.05, 4.69) is 20.7 Å². The van der Waals surface area contributed by atoms with Crippen LogP contribution < -0.4 is 5.43 Å². The second kappa shape index (κ2) is 8.95. The van der Waals surface area contributed by atoms with Crippen molar-refractivity contribution in [2.45, 2.75) is 5.16 Å². The lowest BCUT2D eigenvalue weighted by molar-refractivity contribution is -0.380. The van der Waals surface area contributed by atoms with Crippen LogP contribution in [-0.2, 0) is 11.8 Å². The summed E-state index contributed by atoms with van der Waals surface area (Å²) in [5.41, 5.74) is 3.20. The van der Waals surface area contributed by atoms with Gasteiger partial charge in [-0.25, -0.2) is 5.43 Å². The molecule has 1 aromatic carbocycles. The summed E-state index contributed by atoms with van der Waals surface area (Å²) >= 11 is 8.19. The van der Waals surface area contributed by atoms with Crippen molar-refractivity contribution in [2.75, 3.05) is 5.75 Å². The third-order valence-corrected chi connectivity index (χ3v) is 5.65. The third kappa shape index (κ3) is 4.94. The molecular formula is C16H13ClN6O3S2. The zero-order chi connectivity index (χ0) is 20.1. The van der Waals surface area contributed by atoms with E-state index in [9.17, 15) is 14.9 Å². The first-order chi connectivity index (χ1) is 13.4. The van der Waals surface area contributed by atoms with Crippen molar-refractivity contribution in [3.63, 3.8) is 0 Å². The van der Waals surface area contributed by atoms with Crippen molar-refractivity contribution in [3.8, 4) is 11.4 Å². The number of nitrogens with zero attached hydrogens (tertiary/aromatic N) is 5. The van der Waals surface area contributed by atoms with Gasteiger partial charge in [-0.05, 0) is 18.2 Å². The van der Waals surface area contributed by atoms with E-state index < -0.39 is 4.92 Å². The first kappa shape index (κ1) is 20.0. The van der Waals surface area contributed by atoms with Crippen molar-refractivity contribution in [1.82, 2.24) is 20.2 Å². The number of aromatic nitrogens is 3.